The summed E-state index contributed by atoms with van der Waals surface area (Å²) in [6.07, 6.45) is 0.835. The highest BCUT2D eigenvalue weighted by Gasteiger charge is 2.08. The van der Waals surface area contributed by atoms with Crippen LogP contribution in [-0.4, -0.2) is 37.0 Å². The Kier molecular flexibility index (Phi) is 5.58. The zero-order valence-electron chi connectivity index (χ0n) is 11.6. The van der Waals surface area contributed by atoms with Crippen LogP contribution in [0, 0.1) is 12.7 Å². The maximum absolute atomic E-state index is 13.2. The van der Waals surface area contributed by atoms with Gasteiger partial charge in [-0.05, 0) is 30.7 Å². The molecule has 0 spiro atoms. The van der Waals surface area contributed by atoms with Gasteiger partial charge < -0.3 is 10.1 Å². The number of aryl methyl sites for hydroxylation is 1. The highest BCUT2D eigenvalue weighted by atomic mass is 32.1. The van der Waals surface area contributed by atoms with Crippen molar-refractivity contribution in [2.24, 2.45) is 0 Å². The van der Waals surface area contributed by atoms with Gasteiger partial charge in [0, 0.05) is 32.2 Å². The molecule has 0 radical (unpaired) electrons. The second-order valence-corrected chi connectivity index (χ2v) is 5.52. The minimum Gasteiger partial charge on any atom is -0.383 e. The SMILES string of the molecule is COCCNCCc1nnc(-c2ccc(F)c(C)c2)s1. The lowest BCUT2D eigenvalue weighted by atomic mass is 10.1. The first kappa shape index (κ1) is 15.0. The molecule has 0 amide bonds. The first-order valence-electron chi connectivity index (χ1n) is 6.49. The van der Waals surface area contributed by atoms with E-state index in [1.165, 1.54) is 6.07 Å². The summed E-state index contributed by atoms with van der Waals surface area (Å²) in [5.74, 6) is -0.194. The molecule has 0 fully saturated rings. The van der Waals surface area contributed by atoms with Crippen molar-refractivity contribution in [3.05, 3.63) is 34.6 Å². The summed E-state index contributed by atoms with van der Waals surface area (Å²) in [5, 5.41) is 13.4. The van der Waals surface area contributed by atoms with Crippen LogP contribution in [0.5, 0.6) is 0 Å². The summed E-state index contributed by atoms with van der Waals surface area (Å²) in [6.45, 7) is 4.14. The molecule has 0 unspecified atom stereocenters. The largest absolute Gasteiger partial charge is 0.383 e. The molecule has 1 aromatic heterocycles. The number of hydrogen-bond acceptors (Lipinski definition) is 5. The molecule has 0 atom stereocenters. The van der Waals surface area contributed by atoms with E-state index in [2.05, 4.69) is 15.5 Å². The Balaban J connectivity index is 1.93. The molecule has 1 N–H and O–H groups in total. The van der Waals surface area contributed by atoms with Crippen LogP contribution < -0.4 is 5.32 Å². The normalized spacial score (nSPS) is 10.9. The molecule has 0 aliphatic rings. The van der Waals surface area contributed by atoms with Crippen LogP contribution in [0.3, 0.4) is 0 Å². The van der Waals surface area contributed by atoms with Gasteiger partial charge in [0.2, 0.25) is 0 Å². The van der Waals surface area contributed by atoms with Gasteiger partial charge in [0.1, 0.15) is 15.8 Å². The molecule has 108 valence electrons. The van der Waals surface area contributed by atoms with Crippen molar-refractivity contribution < 1.29 is 9.13 Å². The third kappa shape index (κ3) is 4.06. The molecule has 20 heavy (non-hydrogen) atoms. The molecular weight excluding hydrogens is 277 g/mol. The highest BCUT2D eigenvalue weighted by Crippen LogP contribution is 2.25. The number of nitrogens with zero attached hydrogens (tertiary/aromatic N) is 2. The van der Waals surface area contributed by atoms with E-state index in [0.717, 1.165) is 35.1 Å². The molecule has 6 heteroatoms. The summed E-state index contributed by atoms with van der Waals surface area (Å²) in [7, 11) is 1.68. The van der Waals surface area contributed by atoms with Crippen molar-refractivity contribution in [1.82, 2.24) is 15.5 Å². The zero-order chi connectivity index (χ0) is 14.4. The third-order valence-corrected chi connectivity index (χ3v) is 3.90. The molecule has 1 heterocycles. The van der Waals surface area contributed by atoms with E-state index in [9.17, 15) is 4.39 Å². The van der Waals surface area contributed by atoms with E-state index in [1.54, 1.807) is 37.5 Å². The number of benzene rings is 1. The molecule has 4 nitrogen and oxygen atoms in total. The maximum Gasteiger partial charge on any atom is 0.147 e. The van der Waals surface area contributed by atoms with Crippen LogP contribution in [-0.2, 0) is 11.2 Å². The van der Waals surface area contributed by atoms with Crippen LogP contribution in [0.4, 0.5) is 4.39 Å². The monoisotopic (exact) mass is 295 g/mol. The molecule has 2 rings (SSSR count). The summed E-state index contributed by atoms with van der Waals surface area (Å²) in [6, 6.07) is 5.01. The second kappa shape index (κ2) is 7.42. The van der Waals surface area contributed by atoms with Crippen molar-refractivity contribution in [2.75, 3.05) is 26.8 Å². The predicted molar refractivity (Wildman–Crippen MR) is 78.5 cm³/mol. The van der Waals surface area contributed by atoms with Crippen molar-refractivity contribution in [3.63, 3.8) is 0 Å². The van der Waals surface area contributed by atoms with Gasteiger partial charge in [-0.1, -0.05) is 11.3 Å². The van der Waals surface area contributed by atoms with Crippen LogP contribution in [0.2, 0.25) is 0 Å². The van der Waals surface area contributed by atoms with Gasteiger partial charge in [-0.3, -0.25) is 0 Å². The van der Waals surface area contributed by atoms with Gasteiger partial charge >= 0.3 is 0 Å². The summed E-state index contributed by atoms with van der Waals surface area (Å²) in [5.41, 5.74) is 1.54. The Morgan fingerprint density at radius 3 is 2.90 bits per heavy atom. The van der Waals surface area contributed by atoms with E-state index in [1.807, 2.05) is 0 Å². The molecule has 0 saturated carbocycles. The molecule has 2 aromatic rings. The first-order valence-corrected chi connectivity index (χ1v) is 7.31. The molecule has 0 aliphatic carbocycles. The van der Waals surface area contributed by atoms with E-state index in [-0.39, 0.29) is 5.82 Å². The summed E-state index contributed by atoms with van der Waals surface area (Å²) in [4.78, 5) is 0. The second-order valence-electron chi connectivity index (χ2n) is 4.46. The number of hydrogen-bond donors (Lipinski definition) is 1. The topological polar surface area (TPSA) is 47.0 Å². The quantitative estimate of drug-likeness (QED) is 0.797. The number of rotatable bonds is 7. The van der Waals surface area contributed by atoms with Crippen molar-refractivity contribution in [2.45, 2.75) is 13.3 Å². The Morgan fingerprint density at radius 2 is 2.15 bits per heavy atom. The number of methoxy groups -OCH3 is 1. The van der Waals surface area contributed by atoms with Crippen LogP contribution in [0.25, 0.3) is 10.6 Å². The van der Waals surface area contributed by atoms with Gasteiger partial charge in [-0.2, -0.15) is 0 Å². The molecule has 0 saturated heterocycles. The van der Waals surface area contributed by atoms with Crippen molar-refractivity contribution in [3.8, 4) is 10.6 Å². The van der Waals surface area contributed by atoms with Gasteiger partial charge in [0.15, 0.2) is 0 Å². The lowest BCUT2D eigenvalue weighted by molar-refractivity contribution is 0.199. The fraction of sp³-hybridized carbons (Fsp3) is 0.429. The summed E-state index contributed by atoms with van der Waals surface area (Å²) < 4.78 is 18.2. The average Bonchev–Trinajstić information content (AvgIpc) is 2.90. The standard InChI is InChI=1S/C14H18FN3OS/c1-10-9-11(3-4-12(10)15)14-18-17-13(20-14)5-6-16-7-8-19-2/h3-4,9,16H,5-8H2,1-2H3. The lowest BCUT2D eigenvalue weighted by Crippen LogP contribution is -2.21. The number of ether oxygens (including phenoxy) is 1. The van der Waals surface area contributed by atoms with Crippen molar-refractivity contribution in [1.29, 1.82) is 0 Å². The Labute approximate surface area is 122 Å². The van der Waals surface area contributed by atoms with E-state index < -0.39 is 0 Å². The molecule has 0 bridgehead atoms. The number of nitrogens with one attached hydrogen (secondary N) is 1. The first-order chi connectivity index (χ1) is 9.70. The van der Waals surface area contributed by atoms with E-state index >= 15 is 0 Å². The smallest absolute Gasteiger partial charge is 0.147 e. The van der Waals surface area contributed by atoms with Crippen LogP contribution in [0.15, 0.2) is 18.2 Å². The minimum atomic E-state index is -0.194. The lowest BCUT2D eigenvalue weighted by Gasteiger charge is -2.01. The predicted octanol–water partition coefficient (Wildman–Crippen LogP) is 2.43. The highest BCUT2D eigenvalue weighted by molar-refractivity contribution is 7.14. The maximum atomic E-state index is 13.2. The van der Waals surface area contributed by atoms with E-state index in [4.69, 9.17) is 4.74 Å². The average molecular weight is 295 g/mol. The van der Waals surface area contributed by atoms with E-state index in [0.29, 0.717) is 12.2 Å². The summed E-state index contributed by atoms with van der Waals surface area (Å²) >= 11 is 1.55. The number of halogens is 1. The van der Waals surface area contributed by atoms with Crippen molar-refractivity contribution >= 4 is 11.3 Å². The van der Waals surface area contributed by atoms with Gasteiger partial charge in [0.05, 0.1) is 6.61 Å². The number of aromatic nitrogens is 2. The Hall–Kier alpha value is -1.37. The van der Waals surface area contributed by atoms with Gasteiger partial charge in [-0.15, -0.1) is 10.2 Å². The molecule has 0 aliphatic heterocycles. The fourth-order valence-electron chi connectivity index (χ4n) is 1.74. The minimum absolute atomic E-state index is 0.194. The van der Waals surface area contributed by atoms with Gasteiger partial charge in [-0.25, -0.2) is 4.39 Å². The van der Waals surface area contributed by atoms with Gasteiger partial charge in [0.25, 0.3) is 0 Å². The van der Waals surface area contributed by atoms with Crippen LogP contribution in [0.1, 0.15) is 10.6 Å². The molecular formula is C14H18FN3OS. The zero-order valence-corrected chi connectivity index (χ0v) is 12.5. The Bertz CT molecular complexity index is 559. The van der Waals surface area contributed by atoms with Crippen LogP contribution >= 0.6 is 11.3 Å². The molecule has 1 aromatic carbocycles. The fourth-order valence-corrected chi connectivity index (χ4v) is 2.58. The third-order valence-electron chi connectivity index (χ3n) is 2.87. The Morgan fingerprint density at radius 1 is 1.30 bits per heavy atom.